The van der Waals surface area contributed by atoms with E-state index in [4.69, 9.17) is 9.47 Å². The van der Waals surface area contributed by atoms with Gasteiger partial charge in [-0.1, -0.05) is 0 Å². The van der Waals surface area contributed by atoms with Crippen LogP contribution in [0.25, 0.3) is 11.3 Å². The Morgan fingerprint density at radius 2 is 2.11 bits per heavy atom. The van der Waals surface area contributed by atoms with Gasteiger partial charge in [0.25, 0.3) is 0 Å². The number of amides is 1. The zero-order chi connectivity index (χ0) is 19.6. The molecule has 2 aromatic rings. The van der Waals surface area contributed by atoms with Crippen molar-refractivity contribution in [3.8, 4) is 22.8 Å². The number of nitrogens with one attached hydrogen (secondary N) is 1. The van der Waals surface area contributed by atoms with Gasteiger partial charge in [0.1, 0.15) is 17.5 Å². The second-order valence-corrected chi connectivity index (χ2v) is 8.92. The summed E-state index contributed by atoms with van der Waals surface area (Å²) in [6.07, 6.45) is 2.28. The number of hydrogen-bond donors (Lipinski definition) is 1. The molecule has 1 amide bonds. The summed E-state index contributed by atoms with van der Waals surface area (Å²) in [6, 6.07) is 4.69. The zero-order valence-corrected chi connectivity index (χ0v) is 16.9. The molecule has 0 aliphatic carbocycles. The minimum Gasteiger partial charge on any atom is -0.497 e. The van der Waals surface area contributed by atoms with Crippen LogP contribution in [0, 0.1) is 0 Å². The largest absolute Gasteiger partial charge is 0.497 e. The number of ether oxygens (including phenoxy) is 2. The van der Waals surface area contributed by atoms with Crippen molar-refractivity contribution in [2.45, 2.75) is 18.9 Å². The zero-order valence-electron chi connectivity index (χ0n) is 15.3. The van der Waals surface area contributed by atoms with E-state index in [9.17, 15) is 13.2 Å². The van der Waals surface area contributed by atoms with Crippen LogP contribution < -0.4 is 14.8 Å². The fraction of sp³-hybridized carbons (Fsp3) is 0.412. The number of methoxy groups -OCH3 is 2. The number of aromatic nitrogens is 1. The lowest BCUT2D eigenvalue weighted by atomic mass is 10.1. The van der Waals surface area contributed by atoms with E-state index in [0.29, 0.717) is 41.7 Å². The van der Waals surface area contributed by atoms with E-state index in [1.54, 1.807) is 31.7 Å². The van der Waals surface area contributed by atoms with E-state index in [-0.39, 0.29) is 5.91 Å². The normalized spacial score (nSPS) is 17.7. The molecule has 1 atom stereocenters. The topological polar surface area (TPSA) is 97.8 Å². The van der Waals surface area contributed by atoms with Crippen molar-refractivity contribution in [1.29, 1.82) is 0 Å². The molecule has 1 aromatic heterocycles. The number of sulfonamides is 1. The van der Waals surface area contributed by atoms with Crippen LogP contribution in [0.3, 0.4) is 0 Å². The Hall–Kier alpha value is -2.17. The van der Waals surface area contributed by atoms with Gasteiger partial charge in [-0.2, -0.15) is 4.31 Å². The van der Waals surface area contributed by atoms with Crippen LogP contribution in [0.1, 0.15) is 12.8 Å². The molecule has 0 bridgehead atoms. The number of rotatable bonds is 6. The van der Waals surface area contributed by atoms with Gasteiger partial charge in [0, 0.05) is 17.5 Å². The van der Waals surface area contributed by atoms with Crippen LogP contribution in [-0.2, 0) is 14.8 Å². The molecule has 0 unspecified atom stereocenters. The Bertz CT molecular complexity index is 942. The van der Waals surface area contributed by atoms with Crippen molar-refractivity contribution in [2.24, 2.45) is 0 Å². The van der Waals surface area contributed by atoms with Crippen molar-refractivity contribution in [1.82, 2.24) is 9.29 Å². The van der Waals surface area contributed by atoms with Gasteiger partial charge >= 0.3 is 0 Å². The van der Waals surface area contributed by atoms with Crippen LogP contribution in [0.2, 0.25) is 0 Å². The van der Waals surface area contributed by atoms with E-state index < -0.39 is 16.1 Å². The molecule has 1 saturated heterocycles. The highest BCUT2D eigenvalue weighted by atomic mass is 32.2. The van der Waals surface area contributed by atoms with Crippen molar-refractivity contribution < 1.29 is 22.7 Å². The van der Waals surface area contributed by atoms with Crippen molar-refractivity contribution in [2.75, 3.05) is 32.3 Å². The molecule has 27 heavy (non-hydrogen) atoms. The molecule has 1 N–H and O–H groups in total. The number of nitrogens with zero attached hydrogens (tertiary/aromatic N) is 2. The number of carbonyl (C=O) groups is 1. The highest BCUT2D eigenvalue weighted by Gasteiger charge is 2.36. The molecule has 3 rings (SSSR count). The maximum atomic E-state index is 12.5. The maximum absolute atomic E-state index is 12.5. The van der Waals surface area contributed by atoms with Crippen molar-refractivity contribution in [3.05, 3.63) is 23.6 Å². The standard InChI is InChI=1S/C17H21N3O5S2/c1-24-11-6-7-15(25-2)12(9-11)13-10-26-17(18-13)19-16(21)14-5-4-8-20(14)27(3,22)23/h6-7,9-10,14H,4-5,8H2,1-3H3,(H,18,19,21)/t14-/m0/s1. The number of thiazole rings is 1. The van der Waals surface area contributed by atoms with Crippen LogP contribution in [0.4, 0.5) is 5.13 Å². The summed E-state index contributed by atoms with van der Waals surface area (Å²) < 4.78 is 35.5. The summed E-state index contributed by atoms with van der Waals surface area (Å²) in [5.41, 5.74) is 1.38. The van der Waals surface area contributed by atoms with Crippen molar-refractivity contribution >= 4 is 32.4 Å². The summed E-state index contributed by atoms with van der Waals surface area (Å²) in [7, 11) is -0.272. The van der Waals surface area contributed by atoms with E-state index in [1.165, 1.54) is 15.6 Å². The van der Waals surface area contributed by atoms with Gasteiger partial charge in [0.2, 0.25) is 15.9 Å². The second-order valence-electron chi connectivity index (χ2n) is 6.13. The average molecular weight is 412 g/mol. The molecule has 0 radical (unpaired) electrons. The Morgan fingerprint density at radius 1 is 1.33 bits per heavy atom. The van der Waals surface area contributed by atoms with Gasteiger partial charge in [-0.15, -0.1) is 11.3 Å². The molecule has 1 aliphatic heterocycles. The smallest absolute Gasteiger partial charge is 0.244 e. The summed E-state index contributed by atoms with van der Waals surface area (Å²) in [6.45, 7) is 0.362. The SMILES string of the molecule is COc1ccc(OC)c(-c2csc(NC(=O)[C@@H]3CCCN3S(C)(=O)=O)n2)c1. The Kier molecular flexibility index (Phi) is 5.68. The summed E-state index contributed by atoms with van der Waals surface area (Å²) >= 11 is 1.27. The quantitative estimate of drug-likeness (QED) is 0.783. The lowest BCUT2D eigenvalue weighted by Crippen LogP contribution is -2.42. The maximum Gasteiger partial charge on any atom is 0.244 e. The number of benzene rings is 1. The fourth-order valence-electron chi connectivity index (χ4n) is 3.06. The van der Waals surface area contributed by atoms with Gasteiger partial charge in [0.15, 0.2) is 5.13 Å². The first-order chi connectivity index (χ1) is 12.8. The van der Waals surface area contributed by atoms with Gasteiger partial charge in [-0.05, 0) is 31.0 Å². The minimum absolute atomic E-state index is 0.362. The second kappa shape index (κ2) is 7.83. The van der Waals surface area contributed by atoms with Gasteiger partial charge in [0.05, 0.1) is 26.2 Å². The van der Waals surface area contributed by atoms with Crippen LogP contribution >= 0.6 is 11.3 Å². The van der Waals surface area contributed by atoms with Crippen molar-refractivity contribution in [3.63, 3.8) is 0 Å². The highest BCUT2D eigenvalue weighted by molar-refractivity contribution is 7.88. The monoisotopic (exact) mass is 411 g/mol. The van der Waals surface area contributed by atoms with Crippen LogP contribution in [0.15, 0.2) is 23.6 Å². The number of hydrogen-bond acceptors (Lipinski definition) is 7. The highest BCUT2D eigenvalue weighted by Crippen LogP contribution is 2.35. The molecule has 10 heteroatoms. The van der Waals surface area contributed by atoms with Crippen LogP contribution in [-0.4, -0.2) is 56.7 Å². The predicted octanol–water partition coefficient (Wildman–Crippen LogP) is 2.19. The van der Waals surface area contributed by atoms with E-state index in [1.807, 2.05) is 6.07 Å². The third-order valence-corrected chi connectivity index (χ3v) is 6.40. The third-order valence-electron chi connectivity index (χ3n) is 4.35. The fourth-order valence-corrected chi connectivity index (χ4v) is 4.89. The molecule has 0 spiro atoms. The minimum atomic E-state index is -3.42. The molecule has 1 aliphatic rings. The van der Waals surface area contributed by atoms with Gasteiger partial charge in [-0.25, -0.2) is 13.4 Å². The lowest BCUT2D eigenvalue weighted by molar-refractivity contribution is -0.119. The lowest BCUT2D eigenvalue weighted by Gasteiger charge is -2.20. The molecule has 8 nitrogen and oxygen atoms in total. The molecular weight excluding hydrogens is 390 g/mol. The third kappa shape index (κ3) is 4.23. The molecular formula is C17H21N3O5S2. The van der Waals surface area contributed by atoms with Gasteiger partial charge in [-0.3, -0.25) is 4.79 Å². The molecule has 1 aromatic carbocycles. The summed E-state index contributed by atoms with van der Waals surface area (Å²) in [5.74, 6) is 0.939. The average Bonchev–Trinajstić information content (AvgIpc) is 3.30. The molecule has 1 fully saturated rings. The molecule has 146 valence electrons. The summed E-state index contributed by atoms with van der Waals surface area (Å²) in [4.78, 5) is 17.0. The van der Waals surface area contributed by atoms with E-state index in [0.717, 1.165) is 11.8 Å². The van der Waals surface area contributed by atoms with Crippen LogP contribution in [0.5, 0.6) is 11.5 Å². The first kappa shape index (κ1) is 19.6. The van der Waals surface area contributed by atoms with E-state index >= 15 is 0 Å². The van der Waals surface area contributed by atoms with Gasteiger partial charge < -0.3 is 14.8 Å². The first-order valence-electron chi connectivity index (χ1n) is 8.29. The number of carbonyl (C=O) groups excluding carboxylic acids is 1. The first-order valence-corrected chi connectivity index (χ1v) is 11.0. The Morgan fingerprint density at radius 3 is 2.78 bits per heavy atom. The Labute approximate surface area is 162 Å². The number of anilines is 1. The summed E-state index contributed by atoms with van der Waals surface area (Å²) in [5, 5.41) is 4.94. The predicted molar refractivity (Wildman–Crippen MR) is 104 cm³/mol. The molecule has 2 heterocycles. The Balaban J connectivity index is 1.80. The molecule has 0 saturated carbocycles. The van der Waals surface area contributed by atoms with E-state index in [2.05, 4.69) is 10.3 Å².